The molecule has 6 nitrogen and oxygen atoms in total. The van der Waals surface area contributed by atoms with Crippen LogP contribution in [0.15, 0.2) is 12.1 Å². The molecule has 1 aromatic rings. The third kappa shape index (κ3) is 4.45. The lowest BCUT2D eigenvalue weighted by molar-refractivity contribution is 0.0994. The summed E-state index contributed by atoms with van der Waals surface area (Å²) in [5.41, 5.74) is 5.31. The lowest BCUT2D eigenvalue weighted by Gasteiger charge is -2.29. The topological polar surface area (TPSA) is 84.1 Å². The maximum absolute atomic E-state index is 10.9. The van der Waals surface area contributed by atoms with E-state index < -0.39 is 5.91 Å². The number of nitrogens with one attached hydrogen (secondary N) is 1. The SMILES string of the molecule is CC(CNc1ccc(C(N)=O)nn1)CN1CCCCC1. The summed E-state index contributed by atoms with van der Waals surface area (Å²) in [6.45, 7) is 6.63. The molecule has 1 saturated heterocycles. The van der Waals surface area contributed by atoms with E-state index in [1.165, 1.54) is 32.4 Å². The quantitative estimate of drug-likeness (QED) is 0.813. The monoisotopic (exact) mass is 277 g/mol. The summed E-state index contributed by atoms with van der Waals surface area (Å²) in [5, 5.41) is 11.0. The Balaban J connectivity index is 1.74. The van der Waals surface area contributed by atoms with Gasteiger partial charge in [-0.15, -0.1) is 10.2 Å². The first-order chi connectivity index (χ1) is 9.65. The van der Waals surface area contributed by atoms with Gasteiger partial charge < -0.3 is 16.0 Å². The average Bonchev–Trinajstić information content (AvgIpc) is 2.46. The second-order valence-corrected chi connectivity index (χ2v) is 5.52. The molecular formula is C14H23N5O. The molecule has 1 fully saturated rings. The summed E-state index contributed by atoms with van der Waals surface area (Å²) in [4.78, 5) is 13.4. The van der Waals surface area contributed by atoms with Gasteiger partial charge in [0.05, 0.1) is 0 Å². The first-order valence-corrected chi connectivity index (χ1v) is 7.25. The van der Waals surface area contributed by atoms with Crippen molar-refractivity contribution in [2.45, 2.75) is 26.2 Å². The number of amides is 1. The number of anilines is 1. The number of carbonyl (C=O) groups is 1. The molecular weight excluding hydrogens is 254 g/mol. The fraction of sp³-hybridized carbons (Fsp3) is 0.643. The molecule has 0 aromatic carbocycles. The number of carbonyl (C=O) groups excluding carboxylic acids is 1. The highest BCUT2D eigenvalue weighted by atomic mass is 16.1. The number of rotatable bonds is 6. The minimum Gasteiger partial charge on any atom is -0.368 e. The number of likely N-dealkylation sites (tertiary alicyclic amines) is 1. The first-order valence-electron chi connectivity index (χ1n) is 7.25. The van der Waals surface area contributed by atoms with Crippen LogP contribution >= 0.6 is 0 Å². The van der Waals surface area contributed by atoms with Crippen LogP contribution in [0.2, 0.25) is 0 Å². The van der Waals surface area contributed by atoms with Crippen molar-refractivity contribution in [3.05, 3.63) is 17.8 Å². The van der Waals surface area contributed by atoms with Crippen LogP contribution in [0.3, 0.4) is 0 Å². The maximum Gasteiger partial charge on any atom is 0.269 e. The number of nitrogens with two attached hydrogens (primary N) is 1. The van der Waals surface area contributed by atoms with Crippen molar-refractivity contribution in [2.24, 2.45) is 11.7 Å². The predicted octanol–water partition coefficient (Wildman–Crippen LogP) is 1.11. The Bertz CT molecular complexity index is 428. The maximum atomic E-state index is 10.9. The van der Waals surface area contributed by atoms with E-state index in [2.05, 4.69) is 27.3 Å². The molecule has 110 valence electrons. The Kier molecular flexibility index (Phi) is 5.29. The van der Waals surface area contributed by atoms with Gasteiger partial charge in [0, 0.05) is 13.1 Å². The molecule has 0 spiro atoms. The zero-order chi connectivity index (χ0) is 14.4. The second-order valence-electron chi connectivity index (χ2n) is 5.52. The molecule has 3 N–H and O–H groups in total. The van der Waals surface area contributed by atoms with Crippen LogP contribution in [0.4, 0.5) is 5.82 Å². The summed E-state index contributed by atoms with van der Waals surface area (Å²) in [6.07, 6.45) is 4.01. The number of aromatic nitrogens is 2. The number of hydrogen-bond acceptors (Lipinski definition) is 5. The van der Waals surface area contributed by atoms with Gasteiger partial charge in [0.2, 0.25) is 0 Å². The fourth-order valence-corrected chi connectivity index (χ4v) is 2.48. The van der Waals surface area contributed by atoms with Crippen molar-refractivity contribution in [2.75, 3.05) is 31.5 Å². The number of nitrogens with zero attached hydrogens (tertiary/aromatic N) is 3. The number of hydrogen-bond donors (Lipinski definition) is 2. The van der Waals surface area contributed by atoms with Crippen molar-refractivity contribution in [3.63, 3.8) is 0 Å². The summed E-state index contributed by atoms with van der Waals surface area (Å²) in [6, 6.07) is 3.33. The molecule has 1 aliphatic rings. The highest BCUT2D eigenvalue weighted by Gasteiger charge is 2.13. The van der Waals surface area contributed by atoms with E-state index in [-0.39, 0.29) is 5.69 Å². The molecule has 20 heavy (non-hydrogen) atoms. The van der Waals surface area contributed by atoms with Crippen molar-refractivity contribution in [3.8, 4) is 0 Å². The van der Waals surface area contributed by atoms with Gasteiger partial charge in [-0.3, -0.25) is 4.79 Å². The Morgan fingerprint density at radius 1 is 1.35 bits per heavy atom. The zero-order valence-corrected chi connectivity index (χ0v) is 12.0. The summed E-state index contributed by atoms with van der Waals surface area (Å²) in [5.74, 6) is 0.675. The minimum absolute atomic E-state index is 0.192. The van der Waals surface area contributed by atoms with Crippen LogP contribution in [0.5, 0.6) is 0 Å². The van der Waals surface area contributed by atoms with Gasteiger partial charge in [-0.05, 0) is 44.0 Å². The third-order valence-corrected chi connectivity index (χ3v) is 3.57. The van der Waals surface area contributed by atoms with Crippen LogP contribution in [0.1, 0.15) is 36.7 Å². The highest BCUT2D eigenvalue weighted by Crippen LogP contribution is 2.11. The highest BCUT2D eigenvalue weighted by molar-refractivity contribution is 5.90. The van der Waals surface area contributed by atoms with Gasteiger partial charge in [-0.25, -0.2) is 0 Å². The lowest BCUT2D eigenvalue weighted by Crippen LogP contribution is -2.35. The molecule has 1 aromatic heterocycles. The molecule has 0 bridgehead atoms. The van der Waals surface area contributed by atoms with Crippen LogP contribution in [-0.2, 0) is 0 Å². The molecule has 0 radical (unpaired) electrons. The second kappa shape index (κ2) is 7.19. The first kappa shape index (κ1) is 14.7. The summed E-state index contributed by atoms with van der Waals surface area (Å²) in [7, 11) is 0. The van der Waals surface area contributed by atoms with Gasteiger partial charge in [0.1, 0.15) is 5.82 Å². The van der Waals surface area contributed by atoms with Crippen molar-refractivity contribution in [1.82, 2.24) is 15.1 Å². The fourth-order valence-electron chi connectivity index (χ4n) is 2.48. The molecule has 2 heterocycles. The van der Waals surface area contributed by atoms with Crippen molar-refractivity contribution < 1.29 is 4.79 Å². The Morgan fingerprint density at radius 3 is 2.70 bits per heavy atom. The van der Waals surface area contributed by atoms with Crippen LogP contribution in [0, 0.1) is 5.92 Å². The van der Waals surface area contributed by atoms with Crippen LogP contribution in [0.25, 0.3) is 0 Å². The molecule has 0 aliphatic carbocycles. The van der Waals surface area contributed by atoms with E-state index in [1.54, 1.807) is 12.1 Å². The van der Waals surface area contributed by atoms with Gasteiger partial charge >= 0.3 is 0 Å². The smallest absolute Gasteiger partial charge is 0.269 e. The Hall–Kier alpha value is -1.69. The third-order valence-electron chi connectivity index (χ3n) is 3.57. The van der Waals surface area contributed by atoms with Gasteiger partial charge in [0.25, 0.3) is 5.91 Å². The van der Waals surface area contributed by atoms with Gasteiger partial charge in [-0.2, -0.15) is 0 Å². The molecule has 1 unspecified atom stereocenters. The standard InChI is InChI=1S/C14H23N5O/c1-11(10-19-7-3-2-4-8-19)9-16-13-6-5-12(14(15)20)17-18-13/h5-6,11H,2-4,7-10H2,1H3,(H2,15,20)(H,16,18). The summed E-state index contributed by atoms with van der Waals surface area (Å²) < 4.78 is 0. The van der Waals surface area contributed by atoms with E-state index in [1.807, 2.05) is 0 Å². The van der Waals surface area contributed by atoms with Crippen molar-refractivity contribution in [1.29, 1.82) is 0 Å². The minimum atomic E-state index is -0.553. The van der Waals surface area contributed by atoms with Gasteiger partial charge in [-0.1, -0.05) is 13.3 Å². The molecule has 1 atom stereocenters. The zero-order valence-electron chi connectivity index (χ0n) is 12.0. The Morgan fingerprint density at radius 2 is 2.10 bits per heavy atom. The van der Waals surface area contributed by atoms with E-state index >= 15 is 0 Å². The molecule has 6 heteroatoms. The summed E-state index contributed by atoms with van der Waals surface area (Å²) >= 11 is 0. The molecule has 0 saturated carbocycles. The van der Waals surface area contributed by atoms with Crippen molar-refractivity contribution >= 4 is 11.7 Å². The number of piperidine rings is 1. The lowest BCUT2D eigenvalue weighted by atomic mass is 10.1. The van der Waals surface area contributed by atoms with E-state index in [9.17, 15) is 4.79 Å². The Labute approximate surface area is 119 Å². The van der Waals surface area contributed by atoms with Crippen LogP contribution in [-0.4, -0.2) is 47.2 Å². The largest absolute Gasteiger partial charge is 0.368 e. The normalized spacial score (nSPS) is 17.6. The molecule has 1 aliphatic heterocycles. The van der Waals surface area contributed by atoms with E-state index in [0.717, 1.165) is 13.1 Å². The van der Waals surface area contributed by atoms with Gasteiger partial charge in [0.15, 0.2) is 5.69 Å². The van der Waals surface area contributed by atoms with E-state index in [4.69, 9.17) is 5.73 Å². The van der Waals surface area contributed by atoms with Crippen LogP contribution < -0.4 is 11.1 Å². The molecule has 2 rings (SSSR count). The van der Waals surface area contributed by atoms with E-state index in [0.29, 0.717) is 11.7 Å². The molecule has 1 amide bonds. The predicted molar refractivity (Wildman–Crippen MR) is 78.5 cm³/mol. The average molecular weight is 277 g/mol. The number of primary amides is 1.